The molecule has 26 heavy (non-hydrogen) atoms. The van der Waals surface area contributed by atoms with Crippen molar-refractivity contribution in [1.29, 1.82) is 0 Å². The van der Waals surface area contributed by atoms with Gasteiger partial charge in [-0.25, -0.2) is 0 Å². The first-order valence-electron chi connectivity index (χ1n) is 9.11. The Morgan fingerprint density at radius 2 is 1.88 bits per heavy atom. The van der Waals surface area contributed by atoms with E-state index >= 15 is 0 Å². The molecule has 1 amide bonds. The van der Waals surface area contributed by atoms with E-state index in [0.717, 1.165) is 12.8 Å². The number of aromatic nitrogens is 2. The predicted molar refractivity (Wildman–Crippen MR) is 95.7 cm³/mol. The highest BCUT2D eigenvalue weighted by molar-refractivity contribution is 5.95. The molecule has 0 bridgehead atoms. The zero-order valence-corrected chi connectivity index (χ0v) is 15.5. The molecule has 3 rings (SSSR count). The molecule has 7 nitrogen and oxygen atoms in total. The minimum atomic E-state index is 0.00848. The van der Waals surface area contributed by atoms with Crippen LogP contribution < -0.4 is 9.47 Å². The van der Waals surface area contributed by atoms with Gasteiger partial charge in [0.15, 0.2) is 17.3 Å². The Bertz CT molecular complexity index is 751. The molecule has 2 heterocycles. The third-order valence-electron chi connectivity index (χ3n) is 4.47. The fraction of sp³-hybridized carbons (Fsp3) is 0.526. The van der Waals surface area contributed by atoms with E-state index in [1.807, 2.05) is 25.7 Å². The number of carbonyl (C=O) groups excluding carboxylic acids is 1. The largest absolute Gasteiger partial charge is 0.490 e. The molecule has 1 aromatic heterocycles. The maximum Gasteiger partial charge on any atom is 0.253 e. The molecule has 0 radical (unpaired) electrons. The number of hydrogen-bond donors (Lipinski definition) is 0. The summed E-state index contributed by atoms with van der Waals surface area (Å²) in [4.78, 5) is 19.0. The van der Waals surface area contributed by atoms with Gasteiger partial charge in [0.25, 0.3) is 5.91 Å². The van der Waals surface area contributed by atoms with Crippen molar-refractivity contribution >= 4 is 5.91 Å². The number of piperidine rings is 1. The lowest BCUT2D eigenvalue weighted by Crippen LogP contribution is -2.38. The number of aryl methyl sites for hydroxylation is 1. The summed E-state index contributed by atoms with van der Waals surface area (Å²) in [6, 6.07) is 5.36. The number of rotatable bonds is 6. The minimum Gasteiger partial charge on any atom is -0.490 e. The van der Waals surface area contributed by atoms with Crippen LogP contribution in [0.5, 0.6) is 11.5 Å². The molecule has 0 unspecified atom stereocenters. The second-order valence-corrected chi connectivity index (χ2v) is 6.27. The van der Waals surface area contributed by atoms with Gasteiger partial charge in [0.2, 0.25) is 5.89 Å². The van der Waals surface area contributed by atoms with Crippen molar-refractivity contribution in [2.45, 2.75) is 39.5 Å². The second kappa shape index (κ2) is 8.21. The van der Waals surface area contributed by atoms with Gasteiger partial charge in [0.1, 0.15) is 0 Å². The third-order valence-corrected chi connectivity index (χ3v) is 4.47. The van der Waals surface area contributed by atoms with Gasteiger partial charge in [0, 0.05) is 24.6 Å². The van der Waals surface area contributed by atoms with Crippen molar-refractivity contribution in [3.05, 3.63) is 35.5 Å². The Kier molecular flexibility index (Phi) is 5.75. The Morgan fingerprint density at radius 1 is 1.19 bits per heavy atom. The van der Waals surface area contributed by atoms with Crippen LogP contribution in [0.25, 0.3) is 0 Å². The van der Waals surface area contributed by atoms with Crippen LogP contribution in [-0.2, 0) is 0 Å². The molecule has 2 aromatic rings. The molecular weight excluding hydrogens is 334 g/mol. The van der Waals surface area contributed by atoms with Crippen LogP contribution in [0.1, 0.15) is 54.7 Å². The Labute approximate surface area is 153 Å². The number of likely N-dealkylation sites (tertiary alicyclic amines) is 1. The average molecular weight is 359 g/mol. The monoisotopic (exact) mass is 359 g/mol. The molecule has 1 aliphatic heterocycles. The van der Waals surface area contributed by atoms with Crippen LogP contribution in [-0.4, -0.2) is 47.3 Å². The SMILES string of the molecule is CCOc1ccc(C(=O)N2CCC(c3nc(C)no3)CC2)cc1OCC. The number of carbonyl (C=O) groups is 1. The van der Waals surface area contributed by atoms with Gasteiger partial charge in [-0.1, -0.05) is 5.16 Å². The van der Waals surface area contributed by atoms with Crippen LogP contribution in [0.2, 0.25) is 0 Å². The standard InChI is InChI=1S/C19H25N3O4/c1-4-24-16-7-6-15(12-17(16)25-5-2)19(23)22-10-8-14(9-11-22)18-20-13(3)21-26-18/h6-7,12,14H,4-5,8-11H2,1-3H3. The highest BCUT2D eigenvalue weighted by Gasteiger charge is 2.28. The molecule has 1 fully saturated rings. The second-order valence-electron chi connectivity index (χ2n) is 6.27. The summed E-state index contributed by atoms with van der Waals surface area (Å²) in [7, 11) is 0. The quantitative estimate of drug-likeness (QED) is 0.788. The van der Waals surface area contributed by atoms with Gasteiger partial charge >= 0.3 is 0 Å². The lowest BCUT2D eigenvalue weighted by Gasteiger charge is -2.30. The molecule has 0 atom stereocenters. The summed E-state index contributed by atoms with van der Waals surface area (Å²) in [5.41, 5.74) is 0.615. The molecule has 0 saturated carbocycles. The van der Waals surface area contributed by atoms with Crippen molar-refractivity contribution in [3.8, 4) is 11.5 Å². The number of nitrogens with zero attached hydrogens (tertiary/aromatic N) is 3. The zero-order valence-electron chi connectivity index (χ0n) is 15.5. The summed E-state index contributed by atoms with van der Waals surface area (Å²) < 4.78 is 16.5. The highest BCUT2D eigenvalue weighted by Crippen LogP contribution is 2.31. The Balaban J connectivity index is 1.67. The van der Waals surface area contributed by atoms with E-state index in [2.05, 4.69) is 10.1 Å². The normalized spacial score (nSPS) is 15.1. The smallest absolute Gasteiger partial charge is 0.253 e. The van der Waals surface area contributed by atoms with Crippen LogP contribution in [0.4, 0.5) is 0 Å². The Morgan fingerprint density at radius 3 is 2.50 bits per heavy atom. The lowest BCUT2D eigenvalue weighted by molar-refractivity contribution is 0.0704. The van der Waals surface area contributed by atoms with Crippen LogP contribution in [0.3, 0.4) is 0 Å². The van der Waals surface area contributed by atoms with E-state index in [1.165, 1.54) is 0 Å². The fourth-order valence-electron chi connectivity index (χ4n) is 3.18. The van der Waals surface area contributed by atoms with E-state index < -0.39 is 0 Å². The van der Waals surface area contributed by atoms with Gasteiger partial charge in [-0.05, 0) is 51.8 Å². The summed E-state index contributed by atoms with van der Waals surface area (Å²) in [6.07, 6.45) is 1.64. The molecule has 1 aliphatic rings. The van der Waals surface area contributed by atoms with E-state index in [1.54, 1.807) is 18.2 Å². The maximum atomic E-state index is 12.9. The van der Waals surface area contributed by atoms with Crippen LogP contribution in [0.15, 0.2) is 22.7 Å². The summed E-state index contributed by atoms with van der Waals surface area (Å²) in [5, 5.41) is 3.85. The minimum absolute atomic E-state index is 0.00848. The van der Waals surface area contributed by atoms with Crippen molar-refractivity contribution in [2.24, 2.45) is 0 Å². The zero-order chi connectivity index (χ0) is 18.5. The lowest BCUT2D eigenvalue weighted by atomic mass is 9.96. The summed E-state index contributed by atoms with van der Waals surface area (Å²) in [6.45, 7) is 8.05. The van der Waals surface area contributed by atoms with Crippen molar-refractivity contribution in [3.63, 3.8) is 0 Å². The van der Waals surface area contributed by atoms with E-state index in [0.29, 0.717) is 55.1 Å². The van der Waals surface area contributed by atoms with Crippen molar-refractivity contribution < 1.29 is 18.8 Å². The number of hydrogen-bond acceptors (Lipinski definition) is 6. The van der Waals surface area contributed by atoms with Crippen LogP contribution >= 0.6 is 0 Å². The first-order chi connectivity index (χ1) is 12.6. The number of ether oxygens (including phenoxy) is 2. The molecule has 7 heteroatoms. The topological polar surface area (TPSA) is 77.7 Å². The number of benzene rings is 1. The molecular formula is C19H25N3O4. The molecule has 0 spiro atoms. The van der Waals surface area contributed by atoms with Gasteiger partial charge in [-0.3, -0.25) is 4.79 Å². The first-order valence-corrected chi connectivity index (χ1v) is 9.11. The van der Waals surface area contributed by atoms with E-state index in [-0.39, 0.29) is 11.8 Å². The van der Waals surface area contributed by atoms with Crippen molar-refractivity contribution in [2.75, 3.05) is 26.3 Å². The van der Waals surface area contributed by atoms with E-state index in [9.17, 15) is 4.79 Å². The van der Waals surface area contributed by atoms with Gasteiger partial charge in [0.05, 0.1) is 13.2 Å². The number of amides is 1. The van der Waals surface area contributed by atoms with Gasteiger partial charge in [-0.2, -0.15) is 4.98 Å². The molecule has 0 aliphatic carbocycles. The predicted octanol–water partition coefficient (Wildman–Crippen LogP) is 3.20. The highest BCUT2D eigenvalue weighted by atomic mass is 16.5. The fourth-order valence-corrected chi connectivity index (χ4v) is 3.18. The van der Waals surface area contributed by atoms with Gasteiger partial charge < -0.3 is 18.9 Å². The van der Waals surface area contributed by atoms with Crippen molar-refractivity contribution in [1.82, 2.24) is 15.0 Å². The molecule has 1 aromatic carbocycles. The Hall–Kier alpha value is -2.57. The molecule has 1 saturated heterocycles. The van der Waals surface area contributed by atoms with Gasteiger partial charge in [-0.15, -0.1) is 0 Å². The van der Waals surface area contributed by atoms with E-state index in [4.69, 9.17) is 14.0 Å². The summed E-state index contributed by atoms with van der Waals surface area (Å²) >= 11 is 0. The maximum absolute atomic E-state index is 12.9. The molecule has 140 valence electrons. The average Bonchev–Trinajstić information content (AvgIpc) is 3.09. The molecule has 0 N–H and O–H groups in total. The third kappa shape index (κ3) is 3.98. The van der Waals surface area contributed by atoms with Crippen LogP contribution in [0, 0.1) is 6.92 Å². The first kappa shape index (κ1) is 18.2. The summed E-state index contributed by atoms with van der Waals surface area (Å²) in [5.74, 6) is 2.83.